The van der Waals surface area contributed by atoms with Crippen LogP contribution < -0.4 is 9.64 Å². The third kappa shape index (κ3) is 4.50. The summed E-state index contributed by atoms with van der Waals surface area (Å²) in [7, 11) is 0. The first-order valence-corrected chi connectivity index (χ1v) is 11.2. The van der Waals surface area contributed by atoms with Gasteiger partial charge in [-0.15, -0.1) is 0 Å². The minimum atomic E-state index is 0.0766. The summed E-state index contributed by atoms with van der Waals surface area (Å²) < 4.78 is 11.3. The van der Waals surface area contributed by atoms with Crippen LogP contribution in [0.25, 0.3) is 22.2 Å². The van der Waals surface area contributed by atoms with Gasteiger partial charge in [0.05, 0.1) is 24.4 Å². The molecule has 0 aromatic carbocycles. The van der Waals surface area contributed by atoms with Gasteiger partial charge in [-0.2, -0.15) is 5.10 Å². The van der Waals surface area contributed by atoms with Crippen molar-refractivity contribution in [3.05, 3.63) is 30.6 Å². The topological polar surface area (TPSA) is 79.4 Å². The van der Waals surface area contributed by atoms with Crippen molar-refractivity contribution in [1.82, 2.24) is 25.1 Å². The van der Waals surface area contributed by atoms with Gasteiger partial charge >= 0.3 is 0 Å². The van der Waals surface area contributed by atoms with Gasteiger partial charge in [0.25, 0.3) is 0 Å². The van der Waals surface area contributed by atoms with Crippen LogP contribution in [0.1, 0.15) is 20.3 Å². The number of anilines is 1. The largest absolute Gasteiger partial charge is 0.475 e. The molecule has 8 nitrogen and oxygen atoms in total. The summed E-state index contributed by atoms with van der Waals surface area (Å²) in [6, 6.07) is 6.11. The van der Waals surface area contributed by atoms with Crippen molar-refractivity contribution < 1.29 is 9.47 Å². The van der Waals surface area contributed by atoms with Crippen LogP contribution in [0.5, 0.6) is 5.88 Å². The average Bonchev–Trinajstić information content (AvgIpc) is 3.43. The fourth-order valence-corrected chi connectivity index (χ4v) is 4.41. The highest BCUT2D eigenvalue weighted by Crippen LogP contribution is 2.30. The van der Waals surface area contributed by atoms with Crippen LogP contribution in [0.2, 0.25) is 0 Å². The number of aromatic amines is 1. The second kappa shape index (κ2) is 8.80. The molecule has 1 unspecified atom stereocenters. The highest BCUT2D eigenvalue weighted by Gasteiger charge is 2.23. The number of piperazine rings is 1. The number of hydrogen-bond acceptors (Lipinski definition) is 7. The van der Waals surface area contributed by atoms with E-state index in [0.29, 0.717) is 11.8 Å². The number of H-pyrrole nitrogens is 1. The Morgan fingerprint density at radius 1 is 1.19 bits per heavy atom. The fourth-order valence-electron chi connectivity index (χ4n) is 4.41. The summed E-state index contributed by atoms with van der Waals surface area (Å²) in [5.41, 5.74) is 2.84. The van der Waals surface area contributed by atoms with Gasteiger partial charge in [-0.3, -0.25) is 10.00 Å². The Labute approximate surface area is 182 Å². The monoisotopic (exact) mass is 422 g/mol. The lowest BCUT2D eigenvalue weighted by atomic mass is 10.1. The molecule has 3 aromatic rings. The number of rotatable bonds is 6. The molecule has 2 aliphatic rings. The Kier molecular flexibility index (Phi) is 5.74. The Morgan fingerprint density at radius 3 is 2.84 bits per heavy atom. The van der Waals surface area contributed by atoms with Crippen LogP contribution in [0, 0.1) is 5.92 Å². The zero-order valence-corrected chi connectivity index (χ0v) is 18.3. The molecule has 2 aliphatic heterocycles. The summed E-state index contributed by atoms with van der Waals surface area (Å²) in [6.07, 6.45) is 4.93. The lowest BCUT2D eigenvalue weighted by Gasteiger charge is -2.36. The van der Waals surface area contributed by atoms with Crippen molar-refractivity contribution >= 4 is 16.7 Å². The molecule has 0 saturated carbocycles. The van der Waals surface area contributed by atoms with Gasteiger partial charge in [0, 0.05) is 62.5 Å². The molecule has 3 aromatic heterocycles. The zero-order chi connectivity index (χ0) is 21.2. The summed E-state index contributed by atoms with van der Waals surface area (Å²) in [4.78, 5) is 13.9. The van der Waals surface area contributed by atoms with Crippen LogP contribution in [0.3, 0.4) is 0 Å². The maximum absolute atomic E-state index is 5.77. The van der Waals surface area contributed by atoms with Gasteiger partial charge in [0.2, 0.25) is 5.88 Å². The summed E-state index contributed by atoms with van der Waals surface area (Å²) in [5.74, 6) is 2.31. The first kappa shape index (κ1) is 20.2. The highest BCUT2D eigenvalue weighted by atomic mass is 16.5. The molecule has 0 aliphatic carbocycles. The fraction of sp³-hybridized carbons (Fsp3) is 0.522. The molecule has 1 N–H and O–H groups in total. The van der Waals surface area contributed by atoms with Gasteiger partial charge in [-0.05, 0) is 38.3 Å². The molecule has 0 spiro atoms. The zero-order valence-electron chi connectivity index (χ0n) is 18.3. The minimum Gasteiger partial charge on any atom is -0.475 e. The first-order valence-electron chi connectivity index (χ1n) is 11.2. The summed E-state index contributed by atoms with van der Waals surface area (Å²) >= 11 is 0. The molecule has 1 atom stereocenters. The number of nitrogens with zero attached hydrogens (tertiary/aromatic N) is 5. The molecule has 5 rings (SSSR count). The third-order valence-electron chi connectivity index (χ3n) is 6.03. The van der Waals surface area contributed by atoms with Crippen LogP contribution in [0.4, 0.5) is 5.82 Å². The molecule has 0 amide bonds. The van der Waals surface area contributed by atoms with Gasteiger partial charge in [0.15, 0.2) is 0 Å². The molecule has 164 valence electrons. The lowest BCUT2D eigenvalue weighted by Crippen LogP contribution is -2.48. The van der Waals surface area contributed by atoms with Gasteiger partial charge < -0.3 is 14.4 Å². The molecule has 8 heteroatoms. The number of aromatic nitrogens is 4. The van der Waals surface area contributed by atoms with Gasteiger partial charge in [-0.1, -0.05) is 0 Å². The van der Waals surface area contributed by atoms with E-state index < -0.39 is 0 Å². The molecule has 0 radical (unpaired) electrons. The van der Waals surface area contributed by atoms with E-state index in [0.717, 1.165) is 73.9 Å². The smallest absolute Gasteiger partial charge is 0.214 e. The van der Waals surface area contributed by atoms with E-state index in [9.17, 15) is 0 Å². The first-order chi connectivity index (χ1) is 15.2. The summed E-state index contributed by atoms with van der Waals surface area (Å²) in [6.45, 7) is 11.1. The quantitative estimate of drug-likeness (QED) is 0.654. The summed E-state index contributed by atoms with van der Waals surface area (Å²) in [5, 5.41) is 8.65. The van der Waals surface area contributed by atoms with Crippen molar-refractivity contribution in [2.45, 2.75) is 26.4 Å². The third-order valence-corrected chi connectivity index (χ3v) is 6.03. The number of fused-ring (bicyclic) bond motifs is 1. The predicted molar refractivity (Wildman–Crippen MR) is 120 cm³/mol. The molecule has 5 heterocycles. The lowest BCUT2D eigenvalue weighted by molar-refractivity contribution is 0.164. The van der Waals surface area contributed by atoms with Crippen LogP contribution in [0.15, 0.2) is 30.6 Å². The maximum Gasteiger partial charge on any atom is 0.214 e. The van der Waals surface area contributed by atoms with Crippen LogP contribution >= 0.6 is 0 Å². The standard InChI is InChI=1S/C23H30N6O2/c1-16(2)31-22-12-19-20(13-25-22)26-27-23(19)18-3-5-24-21(11-18)29-8-6-28(7-9-29)14-17-4-10-30-15-17/h3,5,11-13,16-17H,4,6-10,14-15H2,1-2H3,(H,26,27). The number of nitrogens with one attached hydrogen (secondary N) is 1. The molecule has 0 bridgehead atoms. The van der Waals surface area contributed by atoms with Gasteiger partial charge in [-0.25, -0.2) is 9.97 Å². The molecule has 2 saturated heterocycles. The van der Waals surface area contributed by atoms with Crippen molar-refractivity contribution in [2.24, 2.45) is 5.92 Å². The second-order valence-corrected chi connectivity index (χ2v) is 8.73. The van der Waals surface area contributed by atoms with Gasteiger partial charge in [0.1, 0.15) is 11.5 Å². The van der Waals surface area contributed by atoms with E-state index >= 15 is 0 Å². The van der Waals surface area contributed by atoms with E-state index in [4.69, 9.17) is 9.47 Å². The molecule has 31 heavy (non-hydrogen) atoms. The van der Waals surface area contributed by atoms with Crippen molar-refractivity contribution in [2.75, 3.05) is 50.8 Å². The van der Waals surface area contributed by atoms with Crippen LogP contribution in [-0.4, -0.2) is 77.1 Å². The highest BCUT2D eigenvalue weighted by molar-refractivity contribution is 5.93. The Bertz CT molecular complexity index is 1020. The van der Waals surface area contributed by atoms with E-state index in [-0.39, 0.29) is 6.10 Å². The number of hydrogen-bond donors (Lipinski definition) is 1. The minimum absolute atomic E-state index is 0.0766. The second-order valence-electron chi connectivity index (χ2n) is 8.73. The predicted octanol–water partition coefficient (Wildman–Crippen LogP) is 2.97. The van der Waals surface area contributed by atoms with E-state index in [1.165, 1.54) is 6.42 Å². The Hall–Kier alpha value is -2.71. The normalized spacial score (nSPS) is 20.1. The van der Waals surface area contributed by atoms with E-state index in [2.05, 4.69) is 36.0 Å². The Balaban J connectivity index is 1.31. The van der Waals surface area contributed by atoms with Crippen molar-refractivity contribution in [1.29, 1.82) is 0 Å². The SMILES string of the molecule is CC(C)Oc1cc2c(-c3ccnc(N4CCN(CC5CCOC5)CC4)c3)n[nH]c2cn1. The number of ether oxygens (including phenoxy) is 2. The average molecular weight is 423 g/mol. The Morgan fingerprint density at radius 2 is 2.06 bits per heavy atom. The maximum atomic E-state index is 5.77. The number of pyridine rings is 2. The van der Waals surface area contributed by atoms with Crippen LogP contribution in [-0.2, 0) is 4.74 Å². The molecule has 2 fully saturated rings. The molecular weight excluding hydrogens is 392 g/mol. The van der Waals surface area contributed by atoms with Crippen molar-refractivity contribution in [3.63, 3.8) is 0 Å². The van der Waals surface area contributed by atoms with E-state index in [1.54, 1.807) is 6.20 Å². The van der Waals surface area contributed by atoms with E-state index in [1.807, 2.05) is 32.2 Å². The molecular formula is C23H30N6O2. The van der Waals surface area contributed by atoms with Crippen molar-refractivity contribution in [3.8, 4) is 17.1 Å².